The zero-order chi connectivity index (χ0) is 16.4. The zero-order valence-corrected chi connectivity index (χ0v) is 14.2. The summed E-state index contributed by atoms with van der Waals surface area (Å²) in [5.74, 6) is -0.286. The molecule has 0 fully saturated rings. The van der Waals surface area contributed by atoms with Gasteiger partial charge in [0.2, 0.25) is 0 Å². The van der Waals surface area contributed by atoms with E-state index in [0.29, 0.717) is 5.56 Å². The molecule has 3 heteroatoms. The highest BCUT2D eigenvalue weighted by molar-refractivity contribution is 5.74. The van der Waals surface area contributed by atoms with Crippen molar-refractivity contribution in [2.45, 2.75) is 72.3 Å². The van der Waals surface area contributed by atoms with Crippen LogP contribution in [0.5, 0.6) is 0 Å². The fourth-order valence-electron chi connectivity index (χ4n) is 2.54. The Morgan fingerprint density at radius 3 is 2.14 bits per heavy atom. The van der Waals surface area contributed by atoms with Crippen LogP contribution in [0.4, 0.5) is 4.39 Å². The lowest BCUT2D eigenvalue weighted by Gasteiger charge is -2.23. The Labute approximate surface area is 127 Å². The van der Waals surface area contributed by atoms with E-state index in [-0.39, 0.29) is 30.0 Å². The summed E-state index contributed by atoms with van der Waals surface area (Å²) >= 11 is 0. The fourth-order valence-corrected chi connectivity index (χ4v) is 2.54. The molecule has 0 atom stereocenters. The first kappa shape index (κ1) is 17.7. The topological polar surface area (TPSA) is 26.3 Å². The van der Waals surface area contributed by atoms with E-state index < -0.39 is 5.60 Å². The molecule has 21 heavy (non-hydrogen) atoms. The highest BCUT2D eigenvalue weighted by Crippen LogP contribution is 2.31. The highest BCUT2D eigenvalue weighted by Gasteiger charge is 2.23. The SMILES string of the molecule is CC(C)c1ccc(F)c(C(C)C)c1CC(=O)OC(C)(C)C. The lowest BCUT2D eigenvalue weighted by molar-refractivity contribution is -0.153. The van der Waals surface area contributed by atoms with Crippen LogP contribution in [-0.2, 0) is 16.0 Å². The third-order valence-electron chi connectivity index (χ3n) is 3.28. The van der Waals surface area contributed by atoms with Crippen molar-refractivity contribution in [2.75, 3.05) is 0 Å². The highest BCUT2D eigenvalue weighted by atomic mass is 19.1. The number of ether oxygens (including phenoxy) is 1. The van der Waals surface area contributed by atoms with Gasteiger partial charge in [-0.25, -0.2) is 4.39 Å². The summed E-state index contributed by atoms with van der Waals surface area (Å²) in [7, 11) is 0. The first-order chi connectivity index (χ1) is 9.53. The molecule has 0 amide bonds. The van der Waals surface area contributed by atoms with Crippen molar-refractivity contribution in [2.24, 2.45) is 0 Å². The van der Waals surface area contributed by atoms with Crippen LogP contribution < -0.4 is 0 Å². The van der Waals surface area contributed by atoms with Crippen LogP contribution >= 0.6 is 0 Å². The summed E-state index contributed by atoms with van der Waals surface area (Å²) in [6.45, 7) is 13.5. The molecule has 1 rings (SSSR count). The minimum absolute atomic E-state index is 0.0288. The molecular formula is C18H27FO2. The van der Waals surface area contributed by atoms with E-state index in [1.54, 1.807) is 6.07 Å². The number of esters is 1. The number of halogens is 1. The van der Waals surface area contributed by atoms with Crippen LogP contribution in [0.2, 0.25) is 0 Å². The van der Waals surface area contributed by atoms with Gasteiger partial charge < -0.3 is 4.74 Å². The molecule has 0 aromatic heterocycles. The van der Waals surface area contributed by atoms with E-state index in [2.05, 4.69) is 13.8 Å². The molecule has 0 N–H and O–H groups in total. The van der Waals surface area contributed by atoms with Crippen molar-refractivity contribution >= 4 is 5.97 Å². The molecule has 1 aromatic rings. The summed E-state index contributed by atoms with van der Waals surface area (Å²) in [6.07, 6.45) is 0.121. The van der Waals surface area contributed by atoms with E-state index >= 15 is 0 Å². The molecule has 0 saturated heterocycles. The van der Waals surface area contributed by atoms with Crippen LogP contribution in [-0.4, -0.2) is 11.6 Å². The second-order valence-electron chi connectivity index (χ2n) is 7.10. The lowest BCUT2D eigenvalue weighted by Crippen LogP contribution is -2.25. The number of carbonyl (C=O) groups is 1. The minimum Gasteiger partial charge on any atom is -0.460 e. The lowest BCUT2D eigenvalue weighted by atomic mass is 9.86. The second-order valence-corrected chi connectivity index (χ2v) is 7.10. The van der Waals surface area contributed by atoms with Crippen molar-refractivity contribution in [1.82, 2.24) is 0 Å². The van der Waals surface area contributed by atoms with Crippen LogP contribution in [0, 0.1) is 5.82 Å². The van der Waals surface area contributed by atoms with Gasteiger partial charge in [-0.15, -0.1) is 0 Å². The number of rotatable bonds is 4. The van der Waals surface area contributed by atoms with Gasteiger partial charge in [0.05, 0.1) is 6.42 Å². The van der Waals surface area contributed by atoms with E-state index in [9.17, 15) is 9.18 Å². The van der Waals surface area contributed by atoms with Crippen molar-refractivity contribution in [1.29, 1.82) is 0 Å². The normalized spacial score (nSPS) is 12.1. The predicted molar refractivity (Wildman–Crippen MR) is 84.1 cm³/mol. The Kier molecular flexibility index (Phi) is 5.54. The maximum Gasteiger partial charge on any atom is 0.310 e. The Morgan fingerprint density at radius 1 is 1.14 bits per heavy atom. The first-order valence-electron chi connectivity index (χ1n) is 7.56. The largest absolute Gasteiger partial charge is 0.460 e. The maximum absolute atomic E-state index is 14.2. The summed E-state index contributed by atoms with van der Waals surface area (Å²) in [6, 6.07) is 3.29. The van der Waals surface area contributed by atoms with Crippen LogP contribution in [0.25, 0.3) is 0 Å². The van der Waals surface area contributed by atoms with Crippen LogP contribution in [0.3, 0.4) is 0 Å². The Morgan fingerprint density at radius 2 is 1.71 bits per heavy atom. The molecule has 0 aliphatic carbocycles. The van der Waals surface area contributed by atoms with Gasteiger partial charge >= 0.3 is 5.97 Å². The molecule has 0 aliphatic rings. The van der Waals surface area contributed by atoms with E-state index in [1.807, 2.05) is 34.6 Å². The van der Waals surface area contributed by atoms with Gasteiger partial charge in [0.25, 0.3) is 0 Å². The Balaban J connectivity index is 3.25. The van der Waals surface area contributed by atoms with Crippen molar-refractivity contribution < 1.29 is 13.9 Å². The molecule has 0 aliphatic heterocycles. The van der Waals surface area contributed by atoms with Gasteiger partial charge in [0.1, 0.15) is 11.4 Å². The van der Waals surface area contributed by atoms with Gasteiger partial charge in [-0.3, -0.25) is 4.79 Å². The summed E-state index contributed by atoms with van der Waals surface area (Å²) in [4.78, 5) is 12.1. The molecule has 0 unspecified atom stereocenters. The number of benzene rings is 1. The summed E-state index contributed by atoms with van der Waals surface area (Å²) in [5.41, 5.74) is 1.91. The van der Waals surface area contributed by atoms with Gasteiger partial charge in [0, 0.05) is 0 Å². The van der Waals surface area contributed by atoms with Gasteiger partial charge in [-0.1, -0.05) is 33.8 Å². The average molecular weight is 294 g/mol. The number of hydrogen-bond acceptors (Lipinski definition) is 2. The molecule has 0 radical (unpaired) electrons. The maximum atomic E-state index is 14.2. The van der Waals surface area contributed by atoms with Crippen molar-refractivity contribution in [3.05, 3.63) is 34.6 Å². The number of hydrogen-bond donors (Lipinski definition) is 0. The van der Waals surface area contributed by atoms with E-state index in [4.69, 9.17) is 4.74 Å². The van der Waals surface area contributed by atoms with Crippen LogP contribution in [0.15, 0.2) is 12.1 Å². The molecule has 0 spiro atoms. The molecule has 0 saturated carbocycles. The second kappa shape index (κ2) is 6.59. The summed E-state index contributed by atoms with van der Waals surface area (Å²) in [5, 5.41) is 0. The summed E-state index contributed by atoms with van der Waals surface area (Å²) < 4.78 is 19.6. The third-order valence-corrected chi connectivity index (χ3v) is 3.28. The van der Waals surface area contributed by atoms with Crippen LogP contribution in [0.1, 0.15) is 77.0 Å². The standard InChI is InChI=1S/C18H27FO2/c1-11(2)13-8-9-15(19)17(12(3)4)14(13)10-16(20)21-18(5,6)7/h8-9,11-12H,10H2,1-7H3. The first-order valence-corrected chi connectivity index (χ1v) is 7.56. The van der Waals surface area contributed by atoms with Gasteiger partial charge in [-0.05, 0) is 55.4 Å². The predicted octanol–water partition coefficient (Wildman–Crippen LogP) is 4.96. The van der Waals surface area contributed by atoms with Crippen molar-refractivity contribution in [3.63, 3.8) is 0 Å². The van der Waals surface area contributed by atoms with E-state index in [0.717, 1.165) is 11.1 Å². The molecule has 2 nitrogen and oxygen atoms in total. The average Bonchev–Trinajstić information content (AvgIpc) is 2.24. The monoisotopic (exact) mass is 294 g/mol. The Hall–Kier alpha value is -1.38. The third kappa shape index (κ3) is 4.83. The van der Waals surface area contributed by atoms with Crippen molar-refractivity contribution in [3.8, 4) is 0 Å². The molecule has 0 heterocycles. The smallest absolute Gasteiger partial charge is 0.310 e. The van der Waals surface area contributed by atoms with E-state index in [1.165, 1.54) is 6.07 Å². The van der Waals surface area contributed by atoms with Gasteiger partial charge in [0.15, 0.2) is 0 Å². The molecule has 1 aromatic carbocycles. The molecule has 118 valence electrons. The zero-order valence-electron chi connectivity index (χ0n) is 14.2. The molecular weight excluding hydrogens is 267 g/mol. The number of carbonyl (C=O) groups excluding carboxylic acids is 1. The minimum atomic E-state index is -0.527. The fraction of sp³-hybridized carbons (Fsp3) is 0.611. The Bertz CT molecular complexity index is 511. The van der Waals surface area contributed by atoms with Gasteiger partial charge in [-0.2, -0.15) is 0 Å². The molecule has 0 bridgehead atoms. The quantitative estimate of drug-likeness (QED) is 0.734.